The van der Waals surface area contributed by atoms with E-state index in [0.717, 1.165) is 23.8 Å². The van der Waals surface area contributed by atoms with Gasteiger partial charge in [-0.15, -0.1) is 0 Å². The van der Waals surface area contributed by atoms with E-state index in [1.165, 1.54) is 18.6 Å². The van der Waals surface area contributed by atoms with Crippen molar-refractivity contribution in [2.45, 2.75) is 25.3 Å². The van der Waals surface area contributed by atoms with E-state index in [4.69, 9.17) is 19.1 Å². The zero-order valence-corrected chi connectivity index (χ0v) is 19.6. The summed E-state index contributed by atoms with van der Waals surface area (Å²) in [5.41, 5.74) is 2.62. The van der Waals surface area contributed by atoms with Crippen LogP contribution in [-0.4, -0.2) is 43.8 Å². The molecule has 0 spiro atoms. The number of hydrogen-bond donors (Lipinski definition) is 2. The van der Waals surface area contributed by atoms with E-state index in [0.29, 0.717) is 30.2 Å². The first-order valence-corrected chi connectivity index (χ1v) is 11.6. The van der Waals surface area contributed by atoms with E-state index in [1.54, 1.807) is 36.4 Å². The SMILES string of the molecule is [2H]C([2H])(Oc1ccc(Nc2ncnc3[nH]cc(C4CCN(C(=O)C=C)CC4)c23)cc1Cl)c1ccccn1. The molecular weight excluding hydrogens is 464 g/mol. The third kappa shape index (κ3) is 4.97. The maximum atomic E-state index is 12.0. The number of hydrogen-bond acceptors (Lipinski definition) is 6. The van der Waals surface area contributed by atoms with Crippen LogP contribution in [-0.2, 0) is 11.4 Å². The van der Waals surface area contributed by atoms with Gasteiger partial charge in [0.15, 0.2) is 0 Å². The van der Waals surface area contributed by atoms with Crippen LogP contribution in [0, 0.1) is 0 Å². The number of likely N-dealkylation sites (tertiary alicyclic amines) is 1. The van der Waals surface area contributed by atoms with E-state index >= 15 is 0 Å². The molecule has 1 aromatic carbocycles. The molecule has 178 valence electrons. The van der Waals surface area contributed by atoms with Gasteiger partial charge in [-0.3, -0.25) is 9.78 Å². The number of ether oxygens (including phenoxy) is 1. The number of pyridine rings is 1. The molecule has 0 saturated carbocycles. The number of nitrogens with zero attached hydrogens (tertiary/aromatic N) is 4. The maximum absolute atomic E-state index is 12.0. The minimum atomic E-state index is -2.15. The number of piperidine rings is 1. The van der Waals surface area contributed by atoms with E-state index in [1.807, 2.05) is 11.1 Å². The number of aromatic nitrogens is 4. The van der Waals surface area contributed by atoms with Gasteiger partial charge in [-0.05, 0) is 60.7 Å². The monoisotopic (exact) mass is 490 g/mol. The molecule has 4 aromatic rings. The molecule has 1 amide bonds. The number of amides is 1. The van der Waals surface area contributed by atoms with Gasteiger partial charge in [0, 0.05) is 31.2 Å². The Labute approximate surface area is 210 Å². The Bertz CT molecular complexity index is 1440. The highest BCUT2D eigenvalue weighted by Gasteiger charge is 2.26. The van der Waals surface area contributed by atoms with Crippen molar-refractivity contribution in [3.8, 4) is 5.75 Å². The van der Waals surface area contributed by atoms with E-state index in [-0.39, 0.29) is 28.3 Å². The van der Waals surface area contributed by atoms with Crippen LogP contribution in [0.25, 0.3) is 11.0 Å². The van der Waals surface area contributed by atoms with Crippen LogP contribution in [0.4, 0.5) is 11.5 Å². The van der Waals surface area contributed by atoms with Crippen LogP contribution in [0.5, 0.6) is 5.75 Å². The topological polar surface area (TPSA) is 96.0 Å². The van der Waals surface area contributed by atoms with Gasteiger partial charge in [0.2, 0.25) is 5.91 Å². The summed E-state index contributed by atoms with van der Waals surface area (Å²) >= 11 is 6.46. The van der Waals surface area contributed by atoms with Gasteiger partial charge in [0.25, 0.3) is 0 Å². The molecule has 5 rings (SSSR count). The normalized spacial score (nSPS) is 15.4. The predicted octanol–water partition coefficient (Wildman–Crippen LogP) is 5.22. The lowest BCUT2D eigenvalue weighted by atomic mass is 9.89. The lowest BCUT2D eigenvalue weighted by molar-refractivity contribution is -0.127. The number of rotatable bonds is 7. The van der Waals surface area contributed by atoms with Crippen molar-refractivity contribution in [2.75, 3.05) is 18.4 Å². The smallest absolute Gasteiger partial charge is 0.245 e. The Hall–Kier alpha value is -3.91. The molecule has 0 bridgehead atoms. The van der Waals surface area contributed by atoms with Crippen molar-refractivity contribution in [1.82, 2.24) is 24.8 Å². The fourth-order valence-corrected chi connectivity index (χ4v) is 4.49. The summed E-state index contributed by atoms with van der Waals surface area (Å²) in [6.07, 6.45) is 7.97. The van der Waals surface area contributed by atoms with Gasteiger partial charge in [0.05, 0.1) is 18.8 Å². The zero-order valence-electron chi connectivity index (χ0n) is 20.9. The van der Waals surface area contributed by atoms with Crippen LogP contribution in [0.3, 0.4) is 0 Å². The molecule has 0 unspecified atom stereocenters. The average molecular weight is 491 g/mol. The molecule has 0 atom stereocenters. The summed E-state index contributed by atoms with van der Waals surface area (Å²) < 4.78 is 22.0. The quantitative estimate of drug-likeness (QED) is 0.345. The molecule has 8 nitrogen and oxygen atoms in total. The van der Waals surface area contributed by atoms with Gasteiger partial charge >= 0.3 is 0 Å². The van der Waals surface area contributed by atoms with Gasteiger partial charge < -0.3 is 19.9 Å². The Balaban J connectivity index is 1.36. The van der Waals surface area contributed by atoms with Crippen molar-refractivity contribution in [1.29, 1.82) is 0 Å². The van der Waals surface area contributed by atoms with Crippen molar-refractivity contribution in [3.63, 3.8) is 0 Å². The minimum absolute atomic E-state index is 0.0412. The first kappa shape index (κ1) is 20.5. The third-order valence-corrected chi connectivity index (χ3v) is 6.34. The van der Waals surface area contributed by atoms with Crippen molar-refractivity contribution in [2.24, 2.45) is 0 Å². The van der Waals surface area contributed by atoms with Gasteiger partial charge in [0.1, 0.15) is 30.1 Å². The summed E-state index contributed by atoms with van der Waals surface area (Å²) in [5.74, 6) is 1.03. The number of fused-ring (bicyclic) bond motifs is 1. The number of H-pyrrole nitrogens is 1. The molecule has 0 aliphatic carbocycles. The zero-order chi connectivity index (χ0) is 26.0. The minimum Gasteiger partial charge on any atom is -0.486 e. The molecule has 3 aromatic heterocycles. The first-order valence-electron chi connectivity index (χ1n) is 12.3. The number of nitrogens with one attached hydrogen (secondary N) is 2. The number of carbonyl (C=O) groups excluding carboxylic acids is 1. The highest BCUT2D eigenvalue weighted by molar-refractivity contribution is 6.32. The molecule has 0 radical (unpaired) electrons. The predicted molar refractivity (Wildman–Crippen MR) is 136 cm³/mol. The Morgan fingerprint density at radius 1 is 1.29 bits per heavy atom. The van der Waals surface area contributed by atoms with Crippen molar-refractivity contribution < 1.29 is 12.3 Å². The van der Waals surface area contributed by atoms with Crippen LogP contribution in [0.15, 0.2) is 67.8 Å². The highest BCUT2D eigenvalue weighted by Crippen LogP contribution is 2.37. The lowest BCUT2D eigenvalue weighted by Gasteiger charge is -2.31. The molecule has 1 fully saturated rings. The highest BCUT2D eigenvalue weighted by atomic mass is 35.5. The molecule has 1 aliphatic rings. The fraction of sp³-hybridized carbons (Fsp3) is 0.231. The van der Waals surface area contributed by atoms with E-state index in [2.05, 4.69) is 31.8 Å². The molecule has 35 heavy (non-hydrogen) atoms. The molecule has 9 heteroatoms. The van der Waals surface area contributed by atoms with Crippen LogP contribution >= 0.6 is 11.6 Å². The number of carbonyl (C=O) groups is 1. The number of anilines is 2. The second-order valence-corrected chi connectivity index (χ2v) is 8.59. The molecule has 4 heterocycles. The van der Waals surface area contributed by atoms with E-state index in [9.17, 15) is 4.79 Å². The summed E-state index contributed by atoms with van der Waals surface area (Å²) in [7, 11) is 0. The third-order valence-electron chi connectivity index (χ3n) is 6.05. The van der Waals surface area contributed by atoms with Crippen LogP contribution in [0.1, 0.15) is 32.8 Å². The number of aromatic amines is 1. The van der Waals surface area contributed by atoms with Crippen molar-refractivity contribution >= 4 is 40.0 Å². The van der Waals surface area contributed by atoms with Crippen LogP contribution < -0.4 is 10.1 Å². The lowest BCUT2D eigenvalue weighted by Crippen LogP contribution is -2.36. The Morgan fingerprint density at radius 2 is 2.14 bits per heavy atom. The number of benzene rings is 1. The Kier molecular flexibility index (Phi) is 5.93. The summed E-state index contributed by atoms with van der Waals surface area (Å²) in [6.45, 7) is 2.77. The average Bonchev–Trinajstić information content (AvgIpc) is 3.36. The Morgan fingerprint density at radius 3 is 2.89 bits per heavy atom. The summed E-state index contributed by atoms with van der Waals surface area (Å²) in [6, 6.07) is 9.97. The summed E-state index contributed by atoms with van der Waals surface area (Å²) in [4.78, 5) is 29.9. The van der Waals surface area contributed by atoms with E-state index < -0.39 is 6.56 Å². The fourth-order valence-electron chi connectivity index (χ4n) is 4.27. The first-order chi connectivity index (χ1) is 17.9. The van der Waals surface area contributed by atoms with Gasteiger partial charge in [-0.25, -0.2) is 9.97 Å². The standard InChI is InChI=1S/C26H25ClN6O2/c1-2-23(34)33-11-8-17(9-12-33)20-14-29-25-24(20)26(31-16-30-25)32-18-6-7-22(21(27)13-18)35-15-19-5-3-4-10-28-19/h2-7,10,13-14,16-17H,1,8-9,11-12,15H2,(H2,29,30,31,32)/i15D2. The van der Waals surface area contributed by atoms with Crippen molar-refractivity contribution in [3.05, 3.63) is 84.1 Å². The second-order valence-electron chi connectivity index (χ2n) is 8.18. The van der Waals surface area contributed by atoms with Gasteiger partial charge in [-0.2, -0.15) is 0 Å². The largest absolute Gasteiger partial charge is 0.486 e. The molecular formula is C26H25ClN6O2. The molecule has 1 saturated heterocycles. The molecule has 2 N–H and O–H groups in total. The van der Waals surface area contributed by atoms with Crippen LogP contribution in [0.2, 0.25) is 5.02 Å². The molecule has 1 aliphatic heterocycles. The van der Waals surface area contributed by atoms with Gasteiger partial charge in [-0.1, -0.05) is 24.2 Å². The number of halogens is 1. The maximum Gasteiger partial charge on any atom is 0.245 e. The summed E-state index contributed by atoms with van der Waals surface area (Å²) in [5, 5.41) is 4.44. The second kappa shape index (κ2) is 10.1.